The van der Waals surface area contributed by atoms with E-state index < -0.39 is 0 Å². The second-order valence-corrected chi connectivity index (χ2v) is 5.67. The molecule has 0 bridgehead atoms. The molecule has 0 heterocycles. The molecule has 0 amide bonds. The molecule has 3 heteroatoms. The molecule has 0 saturated carbocycles. The number of rotatable bonds is 3. The van der Waals surface area contributed by atoms with Crippen molar-refractivity contribution in [3.05, 3.63) is 5.92 Å². The van der Waals surface area contributed by atoms with Crippen LogP contribution in [0, 0.1) is 5.92 Å². The predicted molar refractivity (Wildman–Crippen MR) is 34.9 cm³/mol. The van der Waals surface area contributed by atoms with Crippen molar-refractivity contribution in [1.82, 2.24) is 0 Å². The second kappa shape index (κ2) is 5.24. The minimum absolute atomic E-state index is 0.389. The number of alkyl halides is 1. The van der Waals surface area contributed by atoms with Crippen LogP contribution in [-0.4, -0.2) is 9.28 Å². The summed E-state index contributed by atoms with van der Waals surface area (Å²) in [6.45, 7) is 4.38. The Balaban J connectivity index is 2.68. The predicted octanol–water partition coefficient (Wildman–Crippen LogP) is -1.90. The van der Waals surface area contributed by atoms with Crippen LogP contribution in [0.25, 0.3) is 0 Å². The van der Waals surface area contributed by atoms with Crippen LogP contribution < -0.4 is 21.0 Å². The van der Waals surface area contributed by atoms with E-state index in [9.17, 15) is 0 Å². The van der Waals surface area contributed by atoms with Gasteiger partial charge in [-0.25, -0.2) is 0 Å². The first-order valence-electron chi connectivity index (χ1n) is 2.17. The van der Waals surface area contributed by atoms with Crippen LogP contribution in [0.5, 0.6) is 0 Å². The van der Waals surface area contributed by atoms with Gasteiger partial charge in [0.15, 0.2) is 0 Å². The zero-order chi connectivity index (χ0) is 5.70. The zero-order valence-electron chi connectivity index (χ0n) is 4.74. The van der Waals surface area contributed by atoms with Gasteiger partial charge in [0.2, 0.25) is 0 Å². The molecule has 0 aromatic carbocycles. The normalized spacial score (nSPS) is 9.00. The summed E-state index contributed by atoms with van der Waals surface area (Å²) in [5.74, 6) is 1.56. The zero-order valence-corrected chi connectivity index (χ0v) is 8.05. The number of hydrogen-bond donors (Lipinski definition) is 0. The molecule has 0 spiro atoms. The van der Waals surface area contributed by atoms with Crippen molar-refractivity contribution in [1.29, 1.82) is 0 Å². The Labute approximate surface area is 59.2 Å². The fourth-order valence-electron chi connectivity index (χ4n) is 0.199. The van der Waals surface area contributed by atoms with E-state index in [1.807, 2.05) is 0 Å². The van der Waals surface area contributed by atoms with Crippen LogP contribution in [0.3, 0.4) is 0 Å². The third-order valence-corrected chi connectivity index (χ3v) is 4.10. The Bertz CT molecular complexity index is 40.7. The molecule has 0 saturated heterocycles. The van der Waals surface area contributed by atoms with Crippen LogP contribution in [-0.2, 0) is 0 Å². The van der Waals surface area contributed by atoms with E-state index in [0.717, 1.165) is 0 Å². The fourth-order valence-corrected chi connectivity index (χ4v) is 1.93. The van der Waals surface area contributed by atoms with Crippen LogP contribution in [0.2, 0.25) is 0 Å². The van der Waals surface area contributed by atoms with Gasteiger partial charge in [0.25, 0.3) is 0 Å². The van der Waals surface area contributed by atoms with E-state index >= 15 is 0 Å². The van der Waals surface area contributed by atoms with Crippen molar-refractivity contribution in [3.8, 4) is 0 Å². The Morgan fingerprint density at radius 1 is 1.71 bits per heavy atom. The molecule has 0 aliphatic heterocycles. The molecule has 1 unspecified atom stereocenters. The summed E-state index contributed by atoms with van der Waals surface area (Å²) in [4.78, 5) is 2.23. The molecule has 1 atom stereocenters. The van der Waals surface area contributed by atoms with E-state index in [1.165, 1.54) is 4.43 Å². The Kier molecular flexibility index (Phi) is 6.05. The molecule has 1 radical (unpaired) electrons. The van der Waals surface area contributed by atoms with E-state index in [0.29, 0.717) is 21.0 Å². The van der Waals surface area contributed by atoms with E-state index in [4.69, 9.17) is 0 Å². The van der Waals surface area contributed by atoms with Crippen LogP contribution >= 0.6 is 9.12 Å². The summed E-state index contributed by atoms with van der Waals surface area (Å²) in [5, 5.41) is 0. The van der Waals surface area contributed by atoms with Crippen molar-refractivity contribution < 1.29 is 21.0 Å². The SMILES string of the molecule is C[C+](C)C[I-][B]P. The summed E-state index contributed by atoms with van der Waals surface area (Å²) in [5.41, 5.74) is 0. The molecule has 0 aromatic rings. The van der Waals surface area contributed by atoms with Crippen molar-refractivity contribution >= 4 is 14.0 Å². The second-order valence-electron chi connectivity index (χ2n) is 1.62. The van der Waals surface area contributed by atoms with Crippen LogP contribution in [0.15, 0.2) is 0 Å². The first-order valence-corrected chi connectivity index (χ1v) is 5.61. The molecule has 0 aromatic heterocycles. The molecule has 0 N–H and O–H groups in total. The van der Waals surface area contributed by atoms with Gasteiger partial charge in [0.05, 0.1) is 0 Å². The first-order chi connectivity index (χ1) is 3.27. The number of halogens is 1. The standard InChI is InChI=1S/C4H10BIP/c1-4(2)3-6-5-7/h3,7H2,1-2H3. The van der Waals surface area contributed by atoms with Crippen LogP contribution in [0.1, 0.15) is 13.8 Å². The molecule has 41 valence electrons. The van der Waals surface area contributed by atoms with Gasteiger partial charge in [-0.3, -0.25) is 0 Å². The number of hydrogen-bond acceptors (Lipinski definition) is 0. The topological polar surface area (TPSA) is 0 Å². The monoisotopic (exact) mass is 227 g/mol. The molecular formula is C4H10BIP. The Morgan fingerprint density at radius 2 is 2.29 bits per heavy atom. The average molecular weight is 227 g/mol. The third-order valence-electron chi connectivity index (χ3n) is 0.433. The van der Waals surface area contributed by atoms with Crippen LogP contribution in [0.4, 0.5) is 0 Å². The summed E-state index contributed by atoms with van der Waals surface area (Å²) in [7, 11) is 2.66. The molecule has 0 rings (SSSR count). The van der Waals surface area contributed by atoms with Gasteiger partial charge in [-0.15, -0.1) is 0 Å². The minimum atomic E-state index is 0.389. The maximum atomic E-state index is 2.66. The molecule has 0 aliphatic rings. The summed E-state index contributed by atoms with van der Waals surface area (Å²) in [6, 6.07) is 0. The van der Waals surface area contributed by atoms with E-state index in [2.05, 4.69) is 27.8 Å². The first kappa shape index (κ1) is 8.09. The van der Waals surface area contributed by atoms with Crippen molar-refractivity contribution in [2.24, 2.45) is 0 Å². The molecular weight excluding hydrogens is 217 g/mol. The molecule has 0 fully saturated rings. The fraction of sp³-hybridized carbons (Fsp3) is 0.750. The van der Waals surface area contributed by atoms with Gasteiger partial charge in [0, 0.05) is 0 Å². The van der Waals surface area contributed by atoms with E-state index in [1.54, 1.807) is 5.92 Å². The van der Waals surface area contributed by atoms with E-state index in [-0.39, 0.29) is 0 Å². The summed E-state index contributed by atoms with van der Waals surface area (Å²) in [6.07, 6.45) is 0. The van der Waals surface area contributed by atoms with Gasteiger partial charge < -0.3 is 0 Å². The Hall–Kier alpha value is 1.09. The van der Waals surface area contributed by atoms with Crippen molar-refractivity contribution in [2.75, 3.05) is 4.43 Å². The van der Waals surface area contributed by atoms with Gasteiger partial charge in [0.1, 0.15) is 0 Å². The van der Waals surface area contributed by atoms with Gasteiger partial charge >= 0.3 is 59.2 Å². The summed E-state index contributed by atoms with van der Waals surface area (Å²) < 4.78 is 1.35. The molecule has 7 heavy (non-hydrogen) atoms. The van der Waals surface area contributed by atoms with Crippen molar-refractivity contribution in [3.63, 3.8) is 0 Å². The molecule has 0 nitrogen and oxygen atoms in total. The quantitative estimate of drug-likeness (QED) is 0.174. The van der Waals surface area contributed by atoms with Gasteiger partial charge in [-0.1, -0.05) is 0 Å². The average Bonchev–Trinajstić information content (AvgIpc) is 1.61. The third kappa shape index (κ3) is 7.09. The molecule has 0 aliphatic carbocycles. The maximum absolute atomic E-state index is 2.66. The summed E-state index contributed by atoms with van der Waals surface area (Å²) >= 11 is 0.389. The van der Waals surface area contributed by atoms with Gasteiger partial charge in [-0.2, -0.15) is 0 Å². The van der Waals surface area contributed by atoms with Crippen molar-refractivity contribution in [2.45, 2.75) is 13.8 Å². The Morgan fingerprint density at radius 3 is 2.43 bits per heavy atom. The van der Waals surface area contributed by atoms with Gasteiger partial charge in [-0.05, 0) is 0 Å².